The number of benzene rings is 1. The Kier molecular flexibility index (Phi) is 4.10. The van der Waals surface area contributed by atoms with Crippen LogP contribution >= 0.6 is 0 Å². The molecule has 0 atom stereocenters. The third-order valence-corrected chi connectivity index (χ3v) is 3.64. The van der Waals surface area contributed by atoms with E-state index in [9.17, 15) is 14.7 Å². The van der Waals surface area contributed by atoms with E-state index in [1.807, 2.05) is 6.92 Å². The molecule has 7 heteroatoms. The number of carbonyl (C=O) groups is 2. The van der Waals surface area contributed by atoms with Crippen molar-refractivity contribution < 1.29 is 19.4 Å². The van der Waals surface area contributed by atoms with Gasteiger partial charge in [-0.15, -0.1) is 5.10 Å². The molecule has 1 saturated carbocycles. The molecular formula is C16H17N3O4. The zero-order valence-corrected chi connectivity index (χ0v) is 12.7. The van der Waals surface area contributed by atoms with E-state index in [-0.39, 0.29) is 11.6 Å². The lowest BCUT2D eigenvalue weighted by atomic mass is 10.1. The molecule has 0 bridgehead atoms. The van der Waals surface area contributed by atoms with Crippen LogP contribution in [-0.4, -0.2) is 38.6 Å². The van der Waals surface area contributed by atoms with Gasteiger partial charge in [0, 0.05) is 5.92 Å². The maximum atomic E-state index is 12.0. The molecule has 0 aliphatic heterocycles. The molecular weight excluding hydrogens is 298 g/mol. The van der Waals surface area contributed by atoms with E-state index < -0.39 is 11.9 Å². The Balaban J connectivity index is 1.96. The minimum absolute atomic E-state index is 0.0218. The van der Waals surface area contributed by atoms with Gasteiger partial charge in [0.1, 0.15) is 0 Å². The topological polar surface area (TPSA) is 94.3 Å². The lowest BCUT2D eigenvalue weighted by Crippen LogP contribution is -2.09. The van der Waals surface area contributed by atoms with Gasteiger partial charge in [0.2, 0.25) is 0 Å². The van der Waals surface area contributed by atoms with Gasteiger partial charge in [0.15, 0.2) is 5.69 Å². The van der Waals surface area contributed by atoms with Gasteiger partial charge in [-0.3, -0.25) is 0 Å². The largest absolute Gasteiger partial charge is 0.476 e. The van der Waals surface area contributed by atoms with Gasteiger partial charge in [0.05, 0.1) is 23.6 Å². The quantitative estimate of drug-likeness (QED) is 0.823. The number of hydrogen-bond acceptors (Lipinski definition) is 5. The Morgan fingerprint density at radius 3 is 2.83 bits per heavy atom. The van der Waals surface area contributed by atoms with E-state index in [1.165, 1.54) is 4.68 Å². The molecule has 1 aromatic carbocycles. The number of esters is 1. The van der Waals surface area contributed by atoms with E-state index in [0.29, 0.717) is 23.6 Å². The Morgan fingerprint density at radius 2 is 2.17 bits per heavy atom. The van der Waals surface area contributed by atoms with Crippen LogP contribution in [0.1, 0.15) is 58.6 Å². The van der Waals surface area contributed by atoms with Gasteiger partial charge < -0.3 is 9.84 Å². The van der Waals surface area contributed by atoms with Gasteiger partial charge in [-0.1, -0.05) is 18.2 Å². The predicted octanol–water partition coefficient (Wildman–Crippen LogP) is 2.41. The van der Waals surface area contributed by atoms with Crippen molar-refractivity contribution in [1.82, 2.24) is 15.0 Å². The molecule has 1 aliphatic rings. The highest BCUT2D eigenvalue weighted by atomic mass is 16.5. The summed E-state index contributed by atoms with van der Waals surface area (Å²) in [6.45, 7) is 2.29. The number of nitrogens with zero attached hydrogens (tertiary/aromatic N) is 3. The number of carboxylic acid groups (broad SMARTS) is 1. The van der Waals surface area contributed by atoms with Crippen molar-refractivity contribution in [3.8, 4) is 5.69 Å². The summed E-state index contributed by atoms with van der Waals surface area (Å²) in [7, 11) is 0. The van der Waals surface area contributed by atoms with Crippen molar-refractivity contribution in [1.29, 1.82) is 0 Å². The van der Waals surface area contributed by atoms with Crippen LogP contribution in [-0.2, 0) is 4.74 Å². The summed E-state index contributed by atoms with van der Waals surface area (Å²) < 4.78 is 6.63. The number of aromatic carboxylic acids is 1. The molecule has 2 aromatic rings. The van der Waals surface area contributed by atoms with Crippen LogP contribution in [0.2, 0.25) is 0 Å². The Labute approximate surface area is 132 Å². The number of ether oxygens (including phenoxy) is 1. The highest BCUT2D eigenvalue weighted by molar-refractivity contribution is 5.90. The average Bonchev–Trinajstić information content (AvgIpc) is 3.30. The molecule has 1 aromatic heterocycles. The van der Waals surface area contributed by atoms with Crippen LogP contribution in [0, 0.1) is 0 Å². The van der Waals surface area contributed by atoms with Crippen LogP contribution in [0.4, 0.5) is 0 Å². The molecule has 1 N–H and O–H groups in total. The fourth-order valence-electron chi connectivity index (χ4n) is 2.40. The second-order valence-electron chi connectivity index (χ2n) is 5.50. The van der Waals surface area contributed by atoms with E-state index in [4.69, 9.17) is 4.74 Å². The molecule has 7 nitrogen and oxygen atoms in total. The predicted molar refractivity (Wildman–Crippen MR) is 80.9 cm³/mol. The van der Waals surface area contributed by atoms with Crippen molar-refractivity contribution in [3.05, 3.63) is 41.2 Å². The van der Waals surface area contributed by atoms with Gasteiger partial charge in [-0.05, 0) is 37.5 Å². The van der Waals surface area contributed by atoms with E-state index in [0.717, 1.165) is 19.3 Å². The molecule has 1 fully saturated rings. The Bertz CT molecular complexity index is 750. The number of rotatable bonds is 6. The summed E-state index contributed by atoms with van der Waals surface area (Å²) in [6, 6.07) is 6.79. The smallest absolute Gasteiger partial charge is 0.358 e. The molecule has 0 spiro atoms. The summed E-state index contributed by atoms with van der Waals surface area (Å²) in [5, 5.41) is 17.0. The third-order valence-electron chi connectivity index (χ3n) is 3.64. The molecule has 0 amide bonds. The maximum absolute atomic E-state index is 12.0. The van der Waals surface area contributed by atoms with Crippen molar-refractivity contribution in [2.45, 2.75) is 32.1 Å². The van der Waals surface area contributed by atoms with E-state index in [1.54, 1.807) is 24.3 Å². The summed E-state index contributed by atoms with van der Waals surface area (Å²) in [5.74, 6) is -1.33. The van der Waals surface area contributed by atoms with Crippen LogP contribution < -0.4 is 0 Å². The maximum Gasteiger partial charge on any atom is 0.358 e. The molecule has 0 saturated heterocycles. The first-order valence-electron chi connectivity index (χ1n) is 7.58. The normalized spacial score (nSPS) is 13.8. The second kappa shape index (κ2) is 6.20. The monoisotopic (exact) mass is 315 g/mol. The van der Waals surface area contributed by atoms with Gasteiger partial charge in [0.25, 0.3) is 0 Å². The van der Waals surface area contributed by atoms with Crippen molar-refractivity contribution in [3.63, 3.8) is 0 Å². The van der Waals surface area contributed by atoms with Crippen molar-refractivity contribution in [2.24, 2.45) is 0 Å². The highest BCUT2D eigenvalue weighted by Crippen LogP contribution is 2.41. The molecule has 120 valence electrons. The molecule has 3 rings (SSSR count). The summed E-state index contributed by atoms with van der Waals surface area (Å²) in [6.07, 6.45) is 2.60. The minimum Gasteiger partial charge on any atom is -0.476 e. The molecule has 1 heterocycles. The van der Waals surface area contributed by atoms with Gasteiger partial charge in [-0.25, -0.2) is 14.3 Å². The van der Waals surface area contributed by atoms with Crippen molar-refractivity contribution in [2.75, 3.05) is 6.61 Å². The fourth-order valence-corrected chi connectivity index (χ4v) is 2.40. The molecule has 1 aliphatic carbocycles. The van der Waals surface area contributed by atoms with Crippen LogP contribution in [0.25, 0.3) is 5.69 Å². The second-order valence-corrected chi connectivity index (χ2v) is 5.50. The SMILES string of the molecule is CCCOC(=O)c1cccc(-n2nnc(C(=O)O)c2C2CC2)c1. The number of hydrogen-bond donors (Lipinski definition) is 1. The van der Waals surface area contributed by atoms with Gasteiger partial charge >= 0.3 is 11.9 Å². The molecule has 23 heavy (non-hydrogen) atoms. The zero-order valence-electron chi connectivity index (χ0n) is 12.7. The highest BCUT2D eigenvalue weighted by Gasteiger charge is 2.34. The number of aromatic nitrogens is 3. The van der Waals surface area contributed by atoms with E-state index in [2.05, 4.69) is 10.3 Å². The van der Waals surface area contributed by atoms with Gasteiger partial charge in [-0.2, -0.15) is 0 Å². The Morgan fingerprint density at radius 1 is 1.39 bits per heavy atom. The lowest BCUT2D eigenvalue weighted by Gasteiger charge is -2.08. The number of carboxylic acids is 1. The van der Waals surface area contributed by atoms with Crippen LogP contribution in [0.3, 0.4) is 0 Å². The average molecular weight is 315 g/mol. The summed E-state index contributed by atoms with van der Waals surface area (Å²) >= 11 is 0. The summed E-state index contributed by atoms with van der Waals surface area (Å²) in [5.41, 5.74) is 1.59. The first kappa shape index (κ1) is 15.2. The standard InChI is InChI=1S/C16H17N3O4/c1-2-8-23-16(22)11-4-3-5-12(9-11)19-14(10-6-7-10)13(15(20)21)17-18-19/h3-5,9-10H,2,6-8H2,1H3,(H,20,21). The van der Waals surface area contributed by atoms with E-state index >= 15 is 0 Å². The fraction of sp³-hybridized carbons (Fsp3) is 0.375. The third kappa shape index (κ3) is 3.08. The van der Waals surface area contributed by atoms with Crippen LogP contribution in [0.5, 0.6) is 0 Å². The summed E-state index contributed by atoms with van der Waals surface area (Å²) in [4.78, 5) is 23.3. The Hall–Kier alpha value is -2.70. The van der Waals surface area contributed by atoms with Crippen LogP contribution in [0.15, 0.2) is 24.3 Å². The first-order valence-corrected chi connectivity index (χ1v) is 7.58. The number of carbonyl (C=O) groups excluding carboxylic acids is 1. The molecule has 0 radical (unpaired) electrons. The molecule has 0 unspecified atom stereocenters. The lowest BCUT2D eigenvalue weighted by molar-refractivity contribution is 0.0504. The van der Waals surface area contributed by atoms with Crippen molar-refractivity contribution >= 4 is 11.9 Å². The minimum atomic E-state index is -1.09. The first-order chi connectivity index (χ1) is 11.1. The zero-order chi connectivity index (χ0) is 16.4.